The van der Waals surface area contributed by atoms with Gasteiger partial charge in [-0.25, -0.2) is 18.6 Å². The van der Waals surface area contributed by atoms with Crippen molar-refractivity contribution in [3.05, 3.63) is 42.6 Å². The fraction of sp³-hybridized carbons (Fsp3) is 0.520. The van der Waals surface area contributed by atoms with Gasteiger partial charge in [0.25, 0.3) is 5.92 Å². The summed E-state index contributed by atoms with van der Waals surface area (Å²) in [5.74, 6) is -1.69. The SMILES string of the molecule is CC(C)(C)OC(=O)N1CCN(c2ccc(N3CCC4(CC3)CC4(F)F)cn2)c2ccccc21. The first kappa shape index (κ1) is 21.9. The molecule has 33 heavy (non-hydrogen) atoms. The van der Waals surface area contributed by atoms with E-state index in [2.05, 4.69) is 14.8 Å². The molecule has 1 amide bonds. The van der Waals surface area contributed by atoms with Crippen LogP contribution in [0.25, 0.3) is 0 Å². The molecule has 2 fully saturated rings. The highest BCUT2D eigenvalue weighted by Gasteiger charge is 2.70. The summed E-state index contributed by atoms with van der Waals surface area (Å²) in [4.78, 5) is 23.3. The Hall–Kier alpha value is -2.90. The third kappa shape index (κ3) is 4.00. The first-order valence-electron chi connectivity index (χ1n) is 11.5. The molecule has 1 saturated carbocycles. The van der Waals surface area contributed by atoms with Crippen LogP contribution >= 0.6 is 0 Å². The molecule has 1 aliphatic carbocycles. The zero-order valence-corrected chi connectivity index (χ0v) is 19.4. The van der Waals surface area contributed by atoms with E-state index in [1.807, 2.05) is 63.4 Å². The van der Waals surface area contributed by atoms with E-state index in [9.17, 15) is 13.6 Å². The highest BCUT2D eigenvalue weighted by atomic mass is 19.3. The summed E-state index contributed by atoms with van der Waals surface area (Å²) in [6, 6.07) is 11.7. The summed E-state index contributed by atoms with van der Waals surface area (Å²) in [6.07, 6.45) is 2.56. The molecule has 1 spiro atoms. The predicted molar refractivity (Wildman–Crippen MR) is 125 cm³/mol. The summed E-state index contributed by atoms with van der Waals surface area (Å²) in [5, 5.41) is 0. The number of amides is 1. The number of benzene rings is 1. The number of rotatable bonds is 2. The van der Waals surface area contributed by atoms with Crippen LogP contribution in [-0.2, 0) is 4.74 Å². The first-order chi connectivity index (χ1) is 15.6. The molecule has 6 nitrogen and oxygen atoms in total. The normalized spacial score (nSPS) is 21.1. The van der Waals surface area contributed by atoms with Crippen molar-refractivity contribution in [1.82, 2.24) is 4.98 Å². The van der Waals surface area contributed by atoms with E-state index in [-0.39, 0.29) is 12.5 Å². The molecule has 3 heterocycles. The van der Waals surface area contributed by atoms with Gasteiger partial charge >= 0.3 is 6.09 Å². The molecular weight excluding hydrogens is 426 g/mol. The largest absolute Gasteiger partial charge is 0.443 e. The average Bonchev–Trinajstić information content (AvgIpc) is 3.31. The Morgan fingerprint density at radius 1 is 1.00 bits per heavy atom. The van der Waals surface area contributed by atoms with E-state index in [0.29, 0.717) is 39.0 Å². The van der Waals surface area contributed by atoms with Crippen LogP contribution in [0.5, 0.6) is 0 Å². The van der Waals surface area contributed by atoms with E-state index in [0.717, 1.165) is 22.9 Å². The van der Waals surface area contributed by atoms with Crippen molar-refractivity contribution in [2.75, 3.05) is 40.9 Å². The van der Waals surface area contributed by atoms with Gasteiger partial charge in [-0.3, -0.25) is 4.90 Å². The number of para-hydroxylation sites is 2. The van der Waals surface area contributed by atoms with Gasteiger partial charge in [0.15, 0.2) is 0 Å². The Kier molecular flexibility index (Phi) is 5.03. The highest BCUT2D eigenvalue weighted by Crippen LogP contribution is 2.65. The van der Waals surface area contributed by atoms with E-state index in [1.165, 1.54) is 0 Å². The lowest BCUT2D eigenvalue weighted by Crippen LogP contribution is -2.44. The Labute approximate surface area is 193 Å². The second-order valence-corrected chi connectivity index (χ2v) is 10.3. The summed E-state index contributed by atoms with van der Waals surface area (Å²) in [7, 11) is 0. The number of anilines is 4. The smallest absolute Gasteiger partial charge is 0.414 e. The van der Waals surface area contributed by atoms with E-state index in [4.69, 9.17) is 4.74 Å². The molecular formula is C25H30F2N4O2. The zero-order chi connectivity index (χ0) is 23.4. The van der Waals surface area contributed by atoms with Crippen LogP contribution in [-0.4, -0.2) is 48.8 Å². The van der Waals surface area contributed by atoms with Crippen LogP contribution in [0.3, 0.4) is 0 Å². The molecule has 1 aromatic carbocycles. The van der Waals surface area contributed by atoms with E-state index >= 15 is 0 Å². The maximum atomic E-state index is 13.7. The number of halogens is 2. The standard InChI is InChI=1S/C25H30F2N4O2/c1-23(2,3)33-22(32)31-15-14-30(19-6-4-5-7-20(19)31)21-9-8-18(16-28-21)29-12-10-24(11-13-29)17-25(24,26)27/h4-9,16H,10-15,17H2,1-3H3. The topological polar surface area (TPSA) is 48.9 Å². The molecule has 0 bridgehead atoms. The van der Waals surface area contributed by atoms with Crippen molar-refractivity contribution >= 4 is 29.0 Å². The Bertz CT molecular complexity index is 1040. The Morgan fingerprint density at radius 2 is 1.67 bits per heavy atom. The second kappa shape index (κ2) is 7.57. The number of nitrogens with zero attached hydrogens (tertiary/aromatic N) is 4. The van der Waals surface area contributed by atoms with Crippen LogP contribution in [0.2, 0.25) is 0 Å². The van der Waals surface area contributed by atoms with Crippen LogP contribution in [0.4, 0.5) is 36.5 Å². The third-order valence-electron chi connectivity index (χ3n) is 6.93. The molecule has 1 aromatic heterocycles. The molecule has 0 radical (unpaired) electrons. The molecule has 0 atom stereocenters. The molecule has 5 rings (SSSR count). The van der Waals surface area contributed by atoms with Crippen molar-refractivity contribution in [3.8, 4) is 0 Å². The van der Waals surface area contributed by atoms with Crippen LogP contribution in [0.1, 0.15) is 40.0 Å². The molecule has 176 valence electrons. The number of hydrogen-bond donors (Lipinski definition) is 0. The van der Waals surface area contributed by atoms with Crippen molar-refractivity contribution in [1.29, 1.82) is 0 Å². The molecule has 2 aliphatic heterocycles. The summed E-state index contributed by atoms with van der Waals surface area (Å²) in [6.45, 7) is 7.91. The van der Waals surface area contributed by atoms with Gasteiger partial charge in [0.1, 0.15) is 11.4 Å². The number of piperidine rings is 1. The average molecular weight is 457 g/mol. The minimum atomic E-state index is -2.48. The van der Waals surface area contributed by atoms with Crippen LogP contribution in [0, 0.1) is 5.41 Å². The van der Waals surface area contributed by atoms with Gasteiger partial charge in [0, 0.05) is 38.0 Å². The highest BCUT2D eigenvalue weighted by molar-refractivity contribution is 5.95. The number of ether oxygens (including phenoxy) is 1. The van der Waals surface area contributed by atoms with E-state index in [1.54, 1.807) is 4.90 Å². The number of alkyl halides is 2. The minimum absolute atomic E-state index is 0.0414. The molecule has 3 aliphatic rings. The zero-order valence-electron chi connectivity index (χ0n) is 19.4. The lowest BCUT2D eigenvalue weighted by Gasteiger charge is -2.38. The van der Waals surface area contributed by atoms with Crippen LogP contribution in [0.15, 0.2) is 42.6 Å². The Morgan fingerprint density at radius 3 is 2.24 bits per heavy atom. The summed E-state index contributed by atoms with van der Waals surface area (Å²) in [5.41, 5.74) is 1.32. The van der Waals surface area contributed by atoms with Crippen molar-refractivity contribution in [3.63, 3.8) is 0 Å². The van der Waals surface area contributed by atoms with Crippen molar-refractivity contribution < 1.29 is 18.3 Å². The molecule has 0 unspecified atom stereocenters. The fourth-order valence-corrected chi connectivity index (χ4v) is 4.95. The maximum absolute atomic E-state index is 13.7. The minimum Gasteiger partial charge on any atom is -0.443 e. The monoisotopic (exact) mass is 456 g/mol. The van der Waals surface area contributed by atoms with Gasteiger partial charge in [-0.1, -0.05) is 12.1 Å². The van der Waals surface area contributed by atoms with Gasteiger partial charge in [0.05, 0.1) is 23.3 Å². The van der Waals surface area contributed by atoms with Gasteiger partial charge in [0.2, 0.25) is 0 Å². The predicted octanol–water partition coefficient (Wildman–Crippen LogP) is 5.60. The fourth-order valence-electron chi connectivity index (χ4n) is 4.95. The maximum Gasteiger partial charge on any atom is 0.414 e. The molecule has 8 heteroatoms. The van der Waals surface area contributed by atoms with E-state index < -0.39 is 16.9 Å². The second-order valence-electron chi connectivity index (χ2n) is 10.3. The Balaban J connectivity index is 1.31. The van der Waals surface area contributed by atoms with Crippen molar-refractivity contribution in [2.45, 2.75) is 51.6 Å². The van der Waals surface area contributed by atoms with Gasteiger partial charge < -0.3 is 14.5 Å². The number of carbonyl (C=O) groups excluding carboxylic acids is 1. The number of hydrogen-bond acceptors (Lipinski definition) is 5. The summed E-state index contributed by atoms with van der Waals surface area (Å²) >= 11 is 0. The molecule has 0 N–H and O–H groups in total. The quantitative estimate of drug-likeness (QED) is 0.589. The van der Waals surface area contributed by atoms with Crippen LogP contribution < -0.4 is 14.7 Å². The summed E-state index contributed by atoms with van der Waals surface area (Å²) < 4.78 is 32.9. The number of carbonyl (C=O) groups is 1. The first-order valence-corrected chi connectivity index (χ1v) is 11.5. The molecule has 2 aromatic rings. The lowest BCUT2D eigenvalue weighted by molar-refractivity contribution is 0.0536. The van der Waals surface area contributed by atoms with Gasteiger partial charge in [-0.2, -0.15) is 0 Å². The third-order valence-corrected chi connectivity index (χ3v) is 6.93. The van der Waals surface area contributed by atoms with Gasteiger partial charge in [-0.15, -0.1) is 0 Å². The molecule has 1 saturated heterocycles. The van der Waals surface area contributed by atoms with Gasteiger partial charge in [-0.05, 0) is 57.9 Å². The number of fused-ring (bicyclic) bond motifs is 1. The number of pyridine rings is 1. The lowest BCUT2D eigenvalue weighted by atomic mass is 9.92. The number of aromatic nitrogens is 1. The van der Waals surface area contributed by atoms with Crippen molar-refractivity contribution in [2.24, 2.45) is 5.41 Å².